The quantitative estimate of drug-likeness (QED) is 0.405. The number of likely N-dealkylation sites (tertiary alicyclic amines) is 2. The Kier molecular flexibility index (Phi) is 9.32. The van der Waals surface area contributed by atoms with Crippen LogP contribution in [0.2, 0.25) is 10.0 Å². The standard InChI is InChI=1S/C31H36Cl2N4O4S/c1-3-28-22(11-16-42(40,41)19-25-26(32)7-6-8-27(25)33)23(30(38)35-28)18-29-24(17-20(2)34-29)31(39)37-14-9-21(10-15-37)36-12-4-5-13-36/h3,6-8,11,17-18,21,34H,4-5,9-10,12-16,19H2,1-2H3,(H,35,38). The summed E-state index contributed by atoms with van der Waals surface area (Å²) in [5, 5.41) is 3.38. The van der Waals surface area contributed by atoms with Gasteiger partial charge in [0, 0.05) is 51.7 Å². The Bertz CT molecular complexity index is 1560. The second-order valence-corrected chi connectivity index (χ2v) is 14.1. The average molecular weight is 632 g/mol. The number of carbonyl (C=O) groups is 2. The highest BCUT2D eigenvalue weighted by Crippen LogP contribution is 2.31. The van der Waals surface area contributed by atoms with Crippen LogP contribution in [-0.2, 0) is 20.4 Å². The number of rotatable bonds is 7. The van der Waals surface area contributed by atoms with Crippen LogP contribution in [0.3, 0.4) is 0 Å². The number of allylic oxidation sites excluding steroid dienone is 2. The van der Waals surface area contributed by atoms with E-state index in [1.54, 1.807) is 37.3 Å². The molecule has 4 heterocycles. The first-order valence-electron chi connectivity index (χ1n) is 14.3. The number of piperidine rings is 1. The number of H-pyrrole nitrogens is 1. The minimum Gasteiger partial charge on any atom is -0.358 e. The normalized spacial score (nSPS) is 21.7. The summed E-state index contributed by atoms with van der Waals surface area (Å²) in [7, 11) is -3.67. The summed E-state index contributed by atoms with van der Waals surface area (Å²) in [4.78, 5) is 34.4. The fraction of sp³-hybridized carbons (Fsp3) is 0.419. The monoisotopic (exact) mass is 630 g/mol. The molecule has 3 aliphatic heterocycles. The number of nitrogens with one attached hydrogen (secondary N) is 2. The SMILES string of the molecule is CC=C1NC(=O)C(=Cc2[nH]c(C)cc2C(=O)N2CCC(N3CCCC3)CC2)C1=CCS(=O)(=O)Cc1c(Cl)cccc1Cl. The van der Waals surface area contributed by atoms with Crippen molar-refractivity contribution in [2.45, 2.75) is 51.3 Å². The number of benzene rings is 1. The molecule has 0 unspecified atom stereocenters. The maximum absolute atomic E-state index is 13.6. The lowest BCUT2D eigenvalue weighted by atomic mass is 10.0. The van der Waals surface area contributed by atoms with E-state index in [-0.39, 0.29) is 38.9 Å². The molecule has 3 fully saturated rings. The molecule has 3 aliphatic rings. The van der Waals surface area contributed by atoms with Gasteiger partial charge in [0.2, 0.25) is 0 Å². The molecule has 11 heteroatoms. The van der Waals surface area contributed by atoms with Crippen molar-refractivity contribution < 1.29 is 18.0 Å². The highest BCUT2D eigenvalue weighted by Gasteiger charge is 2.31. The second kappa shape index (κ2) is 12.8. The van der Waals surface area contributed by atoms with E-state index in [1.165, 1.54) is 18.9 Å². The molecule has 0 bridgehead atoms. The molecule has 2 amide bonds. The van der Waals surface area contributed by atoms with Crippen LogP contribution in [0.15, 0.2) is 53.3 Å². The summed E-state index contributed by atoms with van der Waals surface area (Å²) < 4.78 is 26.1. The van der Waals surface area contributed by atoms with Crippen LogP contribution < -0.4 is 5.32 Å². The van der Waals surface area contributed by atoms with Gasteiger partial charge in [0.15, 0.2) is 9.84 Å². The van der Waals surface area contributed by atoms with Gasteiger partial charge in [0.25, 0.3) is 11.8 Å². The first-order valence-corrected chi connectivity index (χ1v) is 16.9. The first-order chi connectivity index (χ1) is 20.1. The van der Waals surface area contributed by atoms with Gasteiger partial charge < -0.3 is 20.1 Å². The summed E-state index contributed by atoms with van der Waals surface area (Å²) in [6.45, 7) is 7.32. The molecule has 8 nitrogen and oxygen atoms in total. The van der Waals surface area contributed by atoms with E-state index < -0.39 is 9.84 Å². The van der Waals surface area contributed by atoms with Crippen molar-refractivity contribution in [3.05, 3.63) is 85.8 Å². The van der Waals surface area contributed by atoms with Gasteiger partial charge in [-0.25, -0.2) is 8.42 Å². The van der Waals surface area contributed by atoms with Crippen molar-refractivity contribution in [1.82, 2.24) is 20.1 Å². The number of nitrogens with zero attached hydrogens (tertiary/aromatic N) is 2. The third-order valence-electron chi connectivity index (χ3n) is 8.24. The van der Waals surface area contributed by atoms with E-state index in [4.69, 9.17) is 23.2 Å². The third-order valence-corrected chi connectivity index (χ3v) is 10.4. The van der Waals surface area contributed by atoms with Gasteiger partial charge >= 0.3 is 0 Å². The predicted octanol–water partition coefficient (Wildman–Crippen LogP) is 5.29. The number of aryl methyl sites for hydroxylation is 1. The molecule has 5 rings (SSSR count). The summed E-state index contributed by atoms with van der Waals surface area (Å²) in [5.41, 5.74) is 3.44. The average Bonchev–Trinajstić information content (AvgIpc) is 3.69. The lowest BCUT2D eigenvalue weighted by Gasteiger charge is -2.36. The van der Waals surface area contributed by atoms with Gasteiger partial charge in [-0.05, 0) is 76.9 Å². The van der Waals surface area contributed by atoms with Crippen LogP contribution in [0, 0.1) is 6.92 Å². The predicted molar refractivity (Wildman–Crippen MR) is 167 cm³/mol. The lowest BCUT2D eigenvalue weighted by Crippen LogP contribution is -2.46. The molecule has 0 radical (unpaired) electrons. The molecule has 0 aliphatic carbocycles. The van der Waals surface area contributed by atoms with E-state index >= 15 is 0 Å². The van der Waals surface area contributed by atoms with Crippen LogP contribution in [0.5, 0.6) is 0 Å². The van der Waals surface area contributed by atoms with Gasteiger partial charge in [-0.15, -0.1) is 0 Å². The molecule has 2 aromatic rings. The maximum atomic E-state index is 13.6. The minimum atomic E-state index is -3.67. The molecule has 0 spiro atoms. The lowest BCUT2D eigenvalue weighted by molar-refractivity contribution is -0.115. The number of aromatic amines is 1. The van der Waals surface area contributed by atoms with E-state index in [0.29, 0.717) is 47.2 Å². The van der Waals surface area contributed by atoms with Gasteiger partial charge in [0.05, 0.1) is 28.3 Å². The largest absolute Gasteiger partial charge is 0.358 e. The molecular weight excluding hydrogens is 595 g/mol. The molecule has 1 aromatic carbocycles. The zero-order chi connectivity index (χ0) is 30.0. The molecule has 2 N–H and O–H groups in total. The Hall–Kier alpha value is -2.85. The fourth-order valence-electron chi connectivity index (χ4n) is 6.03. The number of carbonyl (C=O) groups excluding carboxylic acids is 2. The number of amides is 2. The highest BCUT2D eigenvalue weighted by molar-refractivity contribution is 7.90. The molecule has 42 heavy (non-hydrogen) atoms. The molecule has 0 atom stereocenters. The summed E-state index contributed by atoms with van der Waals surface area (Å²) >= 11 is 12.4. The zero-order valence-electron chi connectivity index (χ0n) is 23.9. The number of hydrogen-bond donors (Lipinski definition) is 2. The molecule has 0 saturated carbocycles. The van der Waals surface area contributed by atoms with Gasteiger partial charge in [-0.2, -0.15) is 0 Å². The molecular formula is C31H36Cl2N4O4S. The highest BCUT2D eigenvalue weighted by atomic mass is 35.5. The van der Waals surface area contributed by atoms with Crippen LogP contribution >= 0.6 is 23.2 Å². The topological polar surface area (TPSA) is 103 Å². The van der Waals surface area contributed by atoms with Crippen molar-refractivity contribution >= 4 is 50.9 Å². The van der Waals surface area contributed by atoms with Crippen LogP contribution in [0.4, 0.5) is 0 Å². The van der Waals surface area contributed by atoms with Crippen molar-refractivity contribution in [1.29, 1.82) is 0 Å². The smallest absolute Gasteiger partial charge is 0.256 e. The zero-order valence-corrected chi connectivity index (χ0v) is 26.2. The van der Waals surface area contributed by atoms with Gasteiger partial charge in [0.1, 0.15) is 0 Å². The van der Waals surface area contributed by atoms with Crippen molar-refractivity contribution in [3.8, 4) is 0 Å². The molecule has 224 valence electrons. The third kappa shape index (κ3) is 6.70. The number of hydrogen-bond acceptors (Lipinski definition) is 5. The Labute approximate surface area is 257 Å². The van der Waals surface area contributed by atoms with Gasteiger partial charge in [-0.1, -0.05) is 41.4 Å². The molecule has 3 saturated heterocycles. The Morgan fingerprint density at radius 3 is 2.38 bits per heavy atom. The van der Waals surface area contributed by atoms with Crippen LogP contribution in [-0.4, -0.2) is 73.0 Å². The summed E-state index contributed by atoms with van der Waals surface area (Å²) in [5.74, 6) is -1.09. The Morgan fingerprint density at radius 1 is 1.07 bits per heavy atom. The maximum Gasteiger partial charge on any atom is 0.256 e. The molecule has 1 aromatic heterocycles. The van der Waals surface area contributed by atoms with Crippen molar-refractivity contribution in [2.24, 2.45) is 0 Å². The van der Waals surface area contributed by atoms with Crippen LogP contribution in [0.25, 0.3) is 6.08 Å². The first kappa shape index (κ1) is 30.6. The van der Waals surface area contributed by atoms with E-state index in [2.05, 4.69) is 15.2 Å². The van der Waals surface area contributed by atoms with E-state index in [1.807, 2.05) is 17.9 Å². The summed E-state index contributed by atoms with van der Waals surface area (Å²) in [6, 6.07) is 7.20. The summed E-state index contributed by atoms with van der Waals surface area (Å²) in [6.07, 6.45) is 9.31. The van der Waals surface area contributed by atoms with Crippen molar-refractivity contribution in [2.75, 3.05) is 31.9 Å². The fourth-order valence-corrected chi connectivity index (χ4v) is 8.01. The number of halogens is 2. The van der Waals surface area contributed by atoms with Crippen LogP contribution in [0.1, 0.15) is 59.9 Å². The number of aromatic nitrogens is 1. The van der Waals surface area contributed by atoms with Crippen molar-refractivity contribution in [3.63, 3.8) is 0 Å². The second-order valence-electron chi connectivity index (χ2n) is 11.1. The Balaban J connectivity index is 1.38. The number of sulfone groups is 1. The van der Waals surface area contributed by atoms with E-state index in [9.17, 15) is 18.0 Å². The minimum absolute atomic E-state index is 0.0690. The van der Waals surface area contributed by atoms with E-state index in [0.717, 1.165) is 31.6 Å². The Morgan fingerprint density at radius 2 is 1.74 bits per heavy atom. The van der Waals surface area contributed by atoms with Gasteiger partial charge in [-0.3, -0.25) is 9.59 Å².